The Labute approximate surface area is 182 Å². The fourth-order valence-electron chi connectivity index (χ4n) is 2.87. The third-order valence-electron chi connectivity index (χ3n) is 4.73. The van der Waals surface area contributed by atoms with E-state index in [2.05, 4.69) is 31.1 Å². The van der Waals surface area contributed by atoms with E-state index in [9.17, 15) is 4.79 Å². The number of methoxy groups -OCH3 is 1. The Morgan fingerprint density at radius 2 is 1.70 bits per heavy atom. The number of thiazole rings is 1. The summed E-state index contributed by atoms with van der Waals surface area (Å²) in [5.41, 5.74) is 3.15. The summed E-state index contributed by atoms with van der Waals surface area (Å²) in [5.74, 6) is 1.32. The summed E-state index contributed by atoms with van der Waals surface area (Å²) in [7, 11) is 1.64. The lowest BCUT2D eigenvalue weighted by molar-refractivity contribution is -0.127. The molecule has 0 saturated carbocycles. The number of carbonyl (C=O) groups is 1. The number of ether oxygens (including phenoxy) is 2. The number of nitrogens with one attached hydrogen (secondary N) is 1. The molecule has 0 bridgehead atoms. The van der Waals surface area contributed by atoms with Crippen molar-refractivity contribution in [2.24, 2.45) is 0 Å². The highest BCUT2D eigenvalue weighted by Crippen LogP contribution is 2.26. The van der Waals surface area contributed by atoms with Crippen LogP contribution >= 0.6 is 11.3 Å². The van der Waals surface area contributed by atoms with Crippen LogP contribution in [0.3, 0.4) is 0 Å². The molecule has 0 saturated heterocycles. The van der Waals surface area contributed by atoms with E-state index in [1.54, 1.807) is 25.4 Å². The topological polar surface area (TPSA) is 60.5 Å². The van der Waals surface area contributed by atoms with E-state index in [1.807, 2.05) is 53.9 Å². The van der Waals surface area contributed by atoms with E-state index >= 15 is 0 Å². The van der Waals surface area contributed by atoms with Gasteiger partial charge in [0.1, 0.15) is 16.5 Å². The van der Waals surface area contributed by atoms with Crippen LogP contribution in [0, 0.1) is 0 Å². The fourth-order valence-corrected chi connectivity index (χ4v) is 3.69. The molecule has 5 nitrogen and oxygen atoms in total. The van der Waals surface area contributed by atoms with Gasteiger partial charge in [-0.25, -0.2) is 4.98 Å². The Morgan fingerprint density at radius 1 is 1.07 bits per heavy atom. The fraction of sp³-hybridized carbons (Fsp3) is 0.333. The number of hydrogen-bond donors (Lipinski definition) is 1. The van der Waals surface area contributed by atoms with Crippen LogP contribution in [0.2, 0.25) is 0 Å². The lowest BCUT2D eigenvalue weighted by Crippen LogP contribution is -2.36. The Kier molecular flexibility index (Phi) is 6.77. The number of amides is 1. The van der Waals surface area contributed by atoms with Crippen molar-refractivity contribution in [2.45, 2.75) is 45.8 Å². The minimum Gasteiger partial charge on any atom is -0.497 e. The van der Waals surface area contributed by atoms with Crippen molar-refractivity contribution in [3.63, 3.8) is 0 Å². The molecule has 6 heteroatoms. The maximum Gasteiger partial charge on any atom is 0.261 e. The number of hydrogen-bond acceptors (Lipinski definition) is 5. The summed E-state index contributed by atoms with van der Waals surface area (Å²) < 4.78 is 11.0. The number of aromatic nitrogens is 1. The standard InChI is InChI=1S/C24H28N2O3S/c1-16(29-21-12-8-18(9-13-21)24(2,3)4)22(27)25-14-19-15-30-23(26-19)17-6-10-20(28-5)11-7-17/h6-13,15-16H,14H2,1-5H3,(H,25,27)/t16-/m0/s1. The van der Waals surface area contributed by atoms with Crippen LogP contribution in [0.5, 0.6) is 11.5 Å². The van der Waals surface area contributed by atoms with Crippen molar-refractivity contribution in [3.05, 3.63) is 65.2 Å². The van der Waals surface area contributed by atoms with E-state index in [4.69, 9.17) is 9.47 Å². The predicted octanol–water partition coefficient (Wildman–Crippen LogP) is 5.20. The molecule has 1 aromatic heterocycles. The molecule has 0 radical (unpaired) electrons. The van der Waals surface area contributed by atoms with Crippen LogP contribution in [-0.4, -0.2) is 24.1 Å². The average molecular weight is 425 g/mol. The highest BCUT2D eigenvalue weighted by atomic mass is 32.1. The quantitative estimate of drug-likeness (QED) is 0.566. The van der Waals surface area contributed by atoms with Crippen molar-refractivity contribution in [1.29, 1.82) is 0 Å². The van der Waals surface area contributed by atoms with E-state index in [0.717, 1.165) is 22.0 Å². The molecule has 3 aromatic rings. The van der Waals surface area contributed by atoms with Gasteiger partial charge in [-0.2, -0.15) is 0 Å². The summed E-state index contributed by atoms with van der Waals surface area (Å²) in [5, 5.41) is 5.76. The molecule has 3 rings (SSSR count). The van der Waals surface area contributed by atoms with Crippen LogP contribution in [0.25, 0.3) is 10.6 Å². The maximum atomic E-state index is 12.4. The number of rotatable bonds is 7. The van der Waals surface area contributed by atoms with Gasteiger partial charge in [0.2, 0.25) is 0 Å². The van der Waals surface area contributed by atoms with E-state index in [-0.39, 0.29) is 11.3 Å². The van der Waals surface area contributed by atoms with Gasteiger partial charge in [-0.1, -0.05) is 32.9 Å². The summed E-state index contributed by atoms with van der Waals surface area (Å²) >= 11 is 1.55. The normalized spacial score (nSPS) is 12.3. The van der Waals surface area contributed by atoms with Crippen molar-refractivity contribution < 1.29 is 14.3 Å². The molecule has 1 amide bonds. The lowest BCUT2D eigenvalue weighted by atomic mass is 9.87. The second kappa shape index (κ2) is 9.30. The molecule has 1 heterocycles. The van der Waals surface area contributed by atoms with Crippen LogP contribution in [0.15, 0.2) is 53.9 Å². The number of benzene rings is 2. The van der Waals surface area contributed by atoms with Crippen molar-refractivity contribution >= 4 is 17.2 Å². The van der Waals surface area contributed by atoms with Gasteiger partial charge in [-0.3, -0.25) is 4.79 Å². The highest BCUT2D eigenvalue weighted by Gasteiger charge is 2.17. The van der Waals surface area contributed by atoms with Crippen LogP contribution in [-0.2, 0) is 16.8 Å². The predicted molar refractivity (Wildman–Crippen MR) is 121 cm³/mol. The van der Waals surface area contributed by atoms with Gasteiger partial charge in [-0.15, -0.1) is 11.3 Å². The van der Waals surface area contributed by atoms with Gasteiger partial charge >= 0.3 is 0 Å². The smallest absolute Gasteiger partial charge is 0.261 e. The highest BCUT2D eigenvalue weighted by molar-refractivity contribution is 7.13. The largest absolute Gasteiger partial charge is 0.497 e. The SMILES string of the molecule is COc1ccc(-c2nc(CNC(=O)[C@H](C)Oc3ccc(C(C)(C)C)cc3)cs2)cc1. The first kappa shape index (κ1) is 21.8. The zero-order valence-electron chi connectivity index (χ0n) is 18.1. The Bertz CT molecular complexity index is 973. The van der Waals surface area contributed by atoms with Crippen molar-refractivity contribution in [1.82, 2.24) is 10.3 Å². The molecule has 2 aromatic carbocycles. The molecule has 1 atom stereocenters. The van der Waals surface area contributed by atoms with Crippen LogP contribution in [0.1, 0.15) is 39.0 Å². The molecule has 0 aliphatic rings. The first-order chi connectivity index (χ1) is 14.3. The lowest BCUT2D eigenvalue weighted by Gasteiger charge is -2.20. The minimum atomic E-state index is -0.592. The van der Waals surface area contributed by atoms with E-state index in [0.29, 0.717) is 12.3 Å². The van der Waals surface area contributed by atoms with Gasteiger partial charge in [0.15, 0.2) is 6.10 Å². The second-order valence-corrected chi connectivity index (χ2v) is 8.98. The molecular weight excluding hydrogens is 396 g/mol. The third kappa shape index (κ3) is 5.60. The van der Waals surface area contributed by atoms with Crippen molar-refractivity contribution in [2.75, 3.05) is 7.11 Å². The molecule has 158 valence electrons. The molecule has 1 N–H and O–H groups in total. The third-order valence-corrected chi connectivity index (χ3v) is 5.68. The van der Waals surface area contributed by atoms with Crippen LogP contribution in [0.4, 0.5) is 0 Å². The summed E-state index contributed by atoms with van der Waals surface area (Å²) in [6.45, 7) is 8.60. The van der Waals surface area contributed by atoms with E-state index < -0.39 is 6.10 Å². The molecule has 0 spiro atoms. The molecule has 0 fully saturated rings. The minimum absolute atomic E-state index is 0.0831. The zero-order chi connectivity index (χ0) is 21.7. The first-order valence-electron chi connectivity index (χ1n) is 9.90. The molecular formula is C24H28N2O3S. The van der Waals surface area contributed by atoms with Gasteiger partial charge in [0, 0.05) is 10.9 Å². The molecule has 0 unspecified atom stereocenters. The summed E-state index contributed by atoms with van der Waals surface area (Å²) in [6.07, 6.45) is -0.592. The first-order valence-corrected chi connectivity index (χ1v) is 10.8. The number of carbonyl (C=O) groups excluding carboxylic acids is 1. The molecule has 0 aliphatic carbocycles. The zero-order valence-corrected chi connectivity index (χ0v) is 18.9. The van der Waals surface area contributed by atoms with E-state index in [1.165, 1.54) is 5.56 Å². The van der Waals surface area contributed by atoms with Gasteiger partial charge in [0.05, 0.1) is 19.3 Å². The Morgan fingerprint density at radius 3 is 2.30 bits per heavy atom. The number of nitrogens with zero attached hydrogens (tertiary/aromatic N) is 1. The Hall–Kier alpha value is -2.86. The van der Waals surface area contributed by atoms with Gasteiger partial charge in [-0.05, 0) is 54.3 Å². The van der Waals surface area contributed by atoms with Crippen LogP contribution < -0.4 is 14.8 Å². The maximum absolute atomic E-state index is 12.4. The second-order valence-electron chi connectivity index (χ2n) is 8.12. The van der Waals surface area contributed by atoms with Crippen molar-refractivity contribution in [3.8, 4) is 22.1 Å². The Balaban J connectivity index is 1.53. The van der Waals surface area contributed by atoms with Gasteiger partial charge < -0.3 is 14.8 Å². The average Bonchev–Trinajstić information content (AvgIpc) is 3.21. The summed E-state index contributed by atoms with van der Waals surface area (Å²) in [4.78, 5) is 17.0. The van der Waals surface area contributed by atoms with Gasteiger partial charge in [0.25, 0.3) is 5.91 Å². The molecule has 30 heavy (non-hydrogen) atoms. The monoisotopic (exact) mass is 424 g/mol. The summed E-state index contributed by atoms with van der Waals surface area (Å²) in [6, 6.07) is 15.7. The molecule has 0 aliphatic heterocycles.